The van der Waals surface area contributed by atoms with Gasteiger partial charge in [0.05, 0.1) is 33.8 Å². The summed E-state index contributed by atoms with van der Waals surface area (Å²) in [5, 5.41) is 3.08. The monoisotopic (exact) mass is 1220 g/mol. The van der Waals surface area contributed by atoms with Gasteiger partial charge in [0.15, 0.2) is 0 Å². The molecular weight excluding hydrogens is 1070 g/mol. The van der Waals surface area contributed by atoms with Crippen LogP contribution in [-0.4, -0.2) is 74.3 Å². The Labute approximate surface area is 529 Å². The minimum absolute atomic E-state index is 0.0414. The van der Waals surface area contributed by atoms with Crippen LogP contribution in [0.25, 0.3) is 0 Å². The van der Waals surface area contributed by atoms with Crippen LogP contribution in [0.1, 0.15) is 367 Å². The zero-order valence-electron chi connectivity index (χ0n) is 57.4. The molecule has 0 saturated carbocycles. The summed E-state index contributed by atoms with van der Waals surface area (Å²) in [6.07, 6.45) is 82.8. The summed E-state index contributed by atoms with van der Waals surface area (Å²) in [5.74, 6) is -0.492. The van der Waals surface area contributed by atoms with Gasteiger partial charge in [-0.3, -0.25) is 18.6 Å². The highest BCUT2D eigenvalue weighted by atomic mass is 31.2. The lowest BCUT2D eigenvalue weighted by Crippen LogP contribution is -2.47. The number of unbranched alkanes of at least 4 members (excludes halogenated alkanes) is 46. The molecule has 500 valence electrons. The third-order valence-corrected chi connectivity index (χ3v) is 17.8. The summed E-state index contributed by atoms with van der Waals surface area (Å²) >= 11 is 0. The summed E-state index contributed by atoms with van der Waals surface area (Å²) in [6.45, 7) is 7.04. The highest BCUT2D eigenvalue weighted by Gasteiger charge is 2.30. The van der Waals surface area contributed by atoms with Gasteiger partial charge in [0, 0.05) is 12.8 Å². The van der Waals surface area contributed by atoms with Gasteiger partial charge in [0.25, 0.3) is 0 Å². The van der Waals surface area contributed by atoms with Crippen molar-refractivity contribution in [3.8, 4) is 0 Å². The van der Waals surface area contributed by atoms with E-state index in [9.17, 15) is 19.0 Å². The van der Waals surface area contributed by atoms with Crippen molar-refractivity contribution >= 4 is 19.7 Å². The van der Waals surface area contributed by atoms with Crippen LogP contribution in [0.15, 0.2) is 48.6 Å². The van der Waals surface area contributed by atoms with Crippen LogP contribution < -0.4 is 5.32 Å². The van der Waals surface area contributed by atoms with Crippen LogP contribution >= 0.6 is 7.82 Å². The number of phosphoric acid groups is 1. The molecule has 3 unspecified atom stereocenters. The first-order valence-corrected chi connectivity index (χ1v) is 38.5. The highest BCUT2D eigenvalue weighted by molar-refractivity contribution is 7.47. The van der Waals surface area contributed by atoms with Crippen LogP contribution in [0.4, 0.5) is 0 Å². The highest BCUT2D eigenvalue weighted by Crippen LogP contribution is 2.43. The second-order valence-corrected chi connectivity index (χ2v) is 27.9. The molecule has 0 aliphatic rings. The lowest BCUT2D eigenvalue weighted by Gasteiger charge is -2.27. The number of nitrogens with zero attached hydrogens (tertiary/aromatic N) is 1. The summed E-state index contributed by atoms with van der Waals surface area (Å²) in [6, 6.07) is -0.848. The number of hydrogen-bond donors (Lipinski definition) is 2. The fourth-order valence-corrected chi connectivity index (χ4v) is 11.8. The minimum atomic E-state index is -4.45. The van der Waals surface area contributed by atoms with Gasteiger partial charge in [-0.1, -0.05) is 333 Å². The van der Waals surface area contributed by atoms with E-state index in [1.165, 1.54) is 263 Å². The SMILES string of the molecule is CCCCC/C=C\C/C=C\C/C=C\CCCCCCCCCCCCC(=O)OC(/C=C/CCCCCCCCCCC)C(COP(=O)(O)OCC[N+](C)(C)C)NC(=O)CCCCCCCCCCCCCCCCCCCCCCCCCCC. The Morgan fingerprint density at radius 2 is 0.718 bits per heavy atom. The van der Waals surface area contributed by atoms with E-state index in [-0.39, 0.29) is 31.5 Å². The third kappa shape index (κ3) is 66.2. The Bertz CT molecular complexity index is 1590. The lowest BCUT2D eigenvalue weighted by atomic mass is 10.0. The first kappa shape index (κ1) is 83.0. The predicted octanol–water partition coefficient (Wildman–Crippen LogP) is 23.6. The molecule has 0 radical (unpaired) electrons. The van der Waals surface area contributed by atoms with E-state index in [0.29, 0.717) is 17.4 Å². The number of allylic oxidation sites excluding steroid dienone is 7. The van der Waals surface area contributed by atoms with Crippen LogP contribution in [0.3, 0.4) is 0 Å². The van der Waals surface area contributed by atoms with E-state index >= 15 is 0 Å². The van der Waals surface area contributed by atoms with Gasteiger partial charge in [0.2, 0.25) is 5.91 Å². The maximum absolute atomic E-state index is 13.6. The molecule has 0 bridgehead atoms. The van der Waals surface area contributed by atoms with Crippen molar-refractivity contribution in [3.05, 3.63) is 48.6 Å². The van der Waals surface area contributed by atoms with Crippen molar-refractivity contribution in [3.63, 3.8) is 0 Å². The maximum atomic E-state index is 13.6. The predicted molar refractivity (Wildman–Crippen MR) is 369 cm³/mol. The number of esters is 1. The molecule has 0 aliphatic heterocycles. The lowest BCUT2D eigenvalue weighted by molar-refractivity contribution is -0.870. The van der Waals surface area contributed by atoms with Gasteiger partial charge in [0.1, 0.15) is 19.3 Å². The maximum Gasteiger partial charge on any atom is 0.472 e. The zero-order valence-corrected chi connectivity index (χ0v) is 58.3. The van der Waals surface area contributed by atoms with Crippen molar-refractivity contribution < 1.29 is 37.3 Å². The molecule has 0 aromatic heterocycles. The number of phosphoric ester groups is 1. The number of hydrogen-bond acceptors (Lipinski definition) is 6. The average molecular weight is 1220 g/mol. The number of carbonyl (C=O) groups is 2. The van der Waals surface area contributed by atoms with Gasteiger partial charge in [-0.25, -0.2) is 4.57 Å². The molecule has 0 fully saturated rings. The fraction of sp³-hybridized carbons (Fsp3) is 0.867. The smallest absolute Gasteiger partial charge is 0.456 e. The molecule has 9 nitrogen and oxygen atoms in total. The van der Waals surface area contributed by atoms with Gasteiger partial charge in [-0.15, -0.1) is 0 Å². The molecule has 0 aromatic carbocycles. The number of amides is 1. The van der Waals surface area contributed by atoms with E-state index in [1.807, 2.05) is 33.3 Å². The van der Waals surface area contributed by atoms with Gasteiger partial charge in [-0.05, 0) is 70.3 Å². The zero-order chi connectivity index (χ0) is 62.1. The van der Waals surface area contributed by atoms with Gasteiger partial charge < -0.3 is 19.4 Å². The van der Waals surface area contributed by atoms with Gasteiger partial charge >= 0.3 is 13.8 Å². The van der Waals surface area contributed by atoms with E-state index in [1.54, 1.807) is 0 Å². The largest absolute Gasteiger partial charge is 0.472 e. The number of carbonyl (C=O) groups excluding carboxylic acids is 2. The standard InChI is InChI=1S/C75H143N2O7P/c1-7-10-13-16-19-22-25-27-29-31-33-35-37-38-40-41-43-45-47-49-52-55-58-61-64-67-74(78)76-72(71-83-85(80,81)82-70-69-77(4,5)6)73(66-63-60-57-54-51-24-21-18-15-12-9-3)84-75(79)68-65-62-59-56-53-50-48-46-44-42-39-36-34-32-30-28-26-23-20-17-14-11-8-2/h20,23,28,30,34,36,63,66,72-73H,7-19,21-22,24-27,29,31-33,35,37-62,64-65,67-71H2,1-6H3,(H-,76,78,80,81)/p+1/b23-20-,30-28-,36-34-,66-63+. The number of quaternary nitrogens is 1. The molecular formula is C75H144N2O7P+. The van der Waals surface area contributed by atoms with E-state index in [2.05, 4.69) is 62.5 Å². The summed E-state index contributed by atoms with van der Waals surface area (Å²) in [5.41, 5.74) is 0. The van der Waals surface area contributed by atoms with E-state index < -0.39 is 20.0 Å². The van der Waals surface area contributed by atoms with Crippen LogP contribution in [0.2, 0.25) is 0 Å². The second-order valence-electron chi connectivity index (χ2n) is 26.5. The first-order chi connectivity index (χ1) is 41.4. The number of likely N-dealkylation sites (N-methyl/N-ethyl adjacent to an activating group) is 1. The van der Waals surface area contributed by atoms with Crippen molar-refractivity contribution in [2.75, 3.05) is 40.9 Å². The molecule has 0 heterocycles. The molecule has 0 aromatic rings. The summed E-state index contributed by atoms with van der Waals surface area (Å²) in [4.78, 5) is 37.9. The fourth-order valence-electron chi connectivity index (χ4n) is 11.1. The van der Waals surface area contributed by atoms with Crippen LogP contribution in [0.5, 0.6) is 0 Å². The quantitative estimate of drug-likeness (QED) is 0.0205. The minimum Gasteiger partial charge on any atom is -0.456 e. The normalized spacial score (nSPS) is 13.7. The van der Waals surface area contributed by atoms with Crippen molar-refractivity contribution in [2.24, 2.45) is 0 Å². The third-order valence-electron chi connectivity index (χ3n) is 16.8. The summed E-state index contributed by atoms with van der Waals surface area (Å²) < 4.78 is 30.8. The number of nitrogens with one attached hydrogen (secondary N) is 1. The Balaban J connectivity index is 4.96. The van der Waals surface area contributed by atoms with E-state index in [0.717, 1.165) is 70.6 Å². The number of ether oxygens (including phenoxy) is 1. The van der Waals surface area contributed by atoms with Crippen molar-refractivity contribution in [1.82, 2.24) is 5.32 Å². The Hall–Kier alpha value is -2.03. The van der Waals surface area contributed by atoms with Crippen molar-refractivity contribution in [2.45, 2.75) is 380 Å². The molecule has 3 atom stereocenters. The molecule has 0 spiro atoms. The topological polar surface area (TPSA) is 111 Å². The second kappa shape index (κ2) is 64.9. The molecule has 85 heavy (non-hydrogen) atoms. The van der Waals surface area contributed by atoms with Gasteiger partial charge in [-0.2, -0.15) is 0 Å². The molecule has 10 heteroatoms. The Morgan fingerprint density at radius 1 is 0.412 bits per heavy atom. The van der Waals surface area contributed by atoms with Crippen LogP contribution in [-0.2, 0) is 27.9 Å². The Kier molecular flexibility index (Phi) is 63.4. The molecule has 0 saturated heterocycles. The molecule has 1 amide bonds. The average Bonchev–Trinajstić information content (AvgIpc) is 3.62. The molecule has 0 aliphatic carbocycles. The number of rotatable bonds is 68. The Morgan fingerprint density at radius 3 is 1.09 bits per heavy atom. The summed E-state index contributed by atoms with van der Waals surface area (Å²) in [7, 11) is 1.51. The first-order valence-electron chi connectivity index (χ1n) is 37.0. The molecule has 2 N–H and O–H groups in total. The molecule has 0 rings (SSSR count). The van der Waals surface area contributed by atoms with Crippen molar-refractivity contribution in [1.29, 1.82) is 0 Å². The van der Waals surface area contributed by atoms with E-state index in [4.69, 9.17) is 13.8 Å². The van der Waals surface area contributed by atoms with Crippen LogP contribution in [0, 0.1) is 0 Å².